The molecule has 1 unspecified atom stereocenters. The standard InChI is InChI=1S/C13H14N6/c1-18-12(9-15-17-18)13(14)11-7-8-19(16-11)10-5-3-2-4-6-10/h2-9,13H,14H2,1H3. The molecule has 0 spiro atoms. The summed E-state index contributed by atoms with van der Waals surface area (Å²) in [6.07, 6.45) is 3.56. The molecule has 2 aromatic heterocycles. The molecule has 0 fully saturated rings. The summed E-state index contributed by atoms with van der Waals surface area (Å²) in [6.45, 7) is 0. The molecule has 6 nitrogen and oxygen atoms in total. The van der Waals surface area contributed by atoms with Gasteiger partial charge in [0.05, 0.1) is 29.3 Å². The average molecular weight is 254 g/mol. The number of hydrogen-bond donors (Lipinski definition) is 1. The van der Waals surface area contributed by atoms with E-state index in [1.165, 1.54) is 0 Å². The number of aryl methyl sites for hydroxylation is 1. The van der Waals surface area contributed by atoms with Gasteiger partial charge in [0.2, 0.25) is 0 Å². The number of para-hydroxylation sites is 1. The molecule has 0 aliphatic carbocycles. The third-order valence-electron chi connectivity index (χ3n) is 3.02. The maximum Gasteiger partial charge on any atom is 0.0932 e. The first-order chi connectivity index (χ1) is 9.25. The summed E-state index contributed by atoms with van der Waals surface area (Å²) in [5.41, 5.74) is 8.80. The average Bonchev–Trinajstić information content (AvgIpc) is 3.08. The van der Waals surface area contributed by atoms with E-state index < -0.39 is 0 Å². The minimum Gasteiger partial charge on any atom is -0.318 e. The molecule has 0 amide bonds. The molecule has 0 saturated carbocycles. The molecule has 0 aliphatic rings. The molecule has 96 valence electrons. The molecular weight excluding hydrogens is 240 g/mol. The van der Waals surface area contributed by atoms with Gasteiger partial charge in [0.25, 0.3) is 0 Å². The Balaban J connectivity index is 1.92. The summed E-state index contributed by atoms with van der Waals surface area (Å²) >= 11 is 0. The van der Waals surface area contributed by atoms with Crippen LogP contribution >= 0.6 is 0 Å². The number of rotatable bonds is 3. The maximum absolute atomic E-state index is 6.18. The van der Waals surface area contributed by atoms with E-state index in [9.17, 15) is 0 Å². The Kier molecular flexibility index (Phi) is 2.85. The van der Waals surface area contributed by atoms with Crippen LogP contribution < -0.4 is 5.73 Å². The minimum atomic E-state index is -0.329. The van der Waals surface area contributed by atoms with Crippen LogP contribution in [0.1, 0.15) is 17.4 Å². The van der Waals surface area contributed by atoms with Gasteiger partial charge in [-0.15, -0.1) is 5.10 Å². The molecule has 2 heterocycles. The van der Waals surface area contributed by atoms with Crippen LogP contribution in [0.4, 0.5) is 0 Å². The predicted octanol–water partition coefficient (Wildman–Crippen LogP) is 1.05. The Labute approximate surface area is 110 Å². The Morgan fingerprint density at radius 2 is 1.95 bits per heavy atom. The highest BCUT2D eigenvalue weighted by Gasteiger charge is 2.16. The molecule has 0 radical (unpaired) electrons. The third kappa shape index (κ3) is 2.13. The zero-order valence-electron chi connectivity index (χ0n) is 10.5. The summed E-state index contributed by atoms with van der Waals surface area (Å²) in [6, 6.07) is 11.5. The van der Waals surface area contributed by atoms with Crippen molar-refractivity contribution in [2.45, 2.75) is 6.04 Å². The van der Waals surface area contributed by atoms with E-state index in [4.69, 9.17) is 5.73 Å². The van der Waals surface area contributed by atoms with Crippen LogP contribution in [0.2, 0.25) is 0 Å². The van der Waals surface area contributed by atoms with Crippen LogP contribution in [-0.4, -0.2) is 24.8 Å². The van der Waals surface area contributed by atoms with Gasteiger partial charge < -0.3 is 5.73 Å². The third-order valence-corrected chi connectivity index (χ3v) is 3.02. The SMILES string of the molecule is Cn1nncc1C(N)c1ccn(-c2ccccc2)n1. The summed E-state index contributed by atoms with van der Waals surface area (Å²) in [4.78, 5) is 0. The predicted molar refractivity (Wildman–Crippen MR) is 70.6 cm³/mol. The molecule has 0 saturated heterocycles. The highest BCUT2D eigenvalue weighted by molar-refractivity contribution is 5.31. The molecule has 6 heteroatoms. The molecule has 0 aliphatic heterocycles. The molecule has 3 aromatic rings. The van der Waals surface area contributed by atoms with Crippen molar-refractivity contribution in [2.24, 2.45) is 12.8 Å². The van der Waals surface area contributed by atoms with Crippen LogP contribution in [-0.2, 0) is 7.05 Å². The van der Waals surface area contributed by atoms with Crippen molar-refractivity contribution in [3.8, 4) is 5.69 Å². The monoisotopic (exact) mass is 254 g/mol. The molecule has 0 bridgehead atoms. The van der Waals surface area contributed by atoms with E-state index in [2.05, 4.69) is 15.4 Å². The van der Waals surface area contributed by atoms with E-state index in [1.54, 1.807) is 15.6 Å². The van der Waals surface area contributed by atoms with E-state index in [-0.39, 0.29) is 6.04 Å². The lowest BCUT2D eigenvalue weighted by molar-refractivity contribution is 0.640. The Hall–Kier alpha value is -2.47. The van der Waals surface area contributed by atoms with Gasteiger partial charge in [0.15, 0.2) is 0 Å². The van der Waals surface area contributed by atoms with Crippen LogP contribution in [0.3, 0.4) is 0 Å². The van der Waals surface area contributed by atoms with Crippen LogP contribution in [0.15, 0.2) is 48.8 Å². The molecule has 2 N–H and O–H groups in total. The number of nitrogens with zero attached hydrogens (tertiary/aromatic N) is 5. The Morgan fingerprint density at radius 3 is 2.63 bits per heavy atom. The summed E-state index contributed by atoms with van der Waals surface area (Å²) in [5.74, 6) is 0. The van der Waals surface area contributed by atoms with E-state index >= 15 is 0 Å². The first-order valence-corrected chi connectivity index (χ1v) is 5.97. The van der Waals surface area contributed by atoms with E-state index in [0.29, 0.717) is 0 Å². The van der Waals surface area contributed by atoms with Gasteiger partial charge in [0, 0.05) is 13.2 Å². The maximum atomic E-state index is 6.18. The minimum absolute atomic E-state index is 0.329. The quantitative estimate of drug-likeness (QED) is 0.758. The lowest BCUT2D eigenvalue weighted by Crippen LogP contribution is -2.16. The van der Waals surface area contributed by atoms with Crippen molar-refractivity contribution in [1.82, 2.24) is 24.8 Å². The highest BCUT2D eigenvalue weighted by atomic mass is 15.4. The van der Waals surface area contributed by atoms with Crippen molar-refractivity contribution in [3.05, 3.63) is 60.2 Å². The topological polar surface area (TPSA) is 74.6 Å². The van der Waals surface area contributed by atoms with E-state index in [0.717, 1.165) is 17.1 Å². The van der Waals surface area contributed by atoms with Crippen molar-refractivity contribution in [3.63, 3.8) is 0 Å². The fourth-order valence-corrected chi connectivity index (χ4v) is 1.96. The second-order valence-electron chi connectivity index (χ2n) is 4.28. The molecular formula is C13H14N6. The summed E-state index contributed by atoms with van der Waals surface area (Å²) in [7, 11) is 1.82. The van der Waals surface area contributed by atoms with Gasteiger partial charge >= 0.3 is 0 Å². The number of hydrogen-bond acceptors (Lipinski definition) is 4. The van der Waals surface area contributed by atoms with Crippen molar-refractivity contribution in [1.29, 1.82) is 0 Å². The highest BCUT2D eigenvalue weighted by Crippen LogP contribution is 2.17. The first-order valence-electron chi connectivity index (χ1n) is 5.97. The smallest absolute Gasteiger partial charge is 0.0932 e. The second-order valence-corrected chi connectivity index (χ2v) is 4.28. The first kappa shape index (κ1) is 11.6. The summed E-state index contributed by atoms with van der Waals surface area (Å²) in [5, 5.41) is 12.2. The number of aromatic nitrogens is 5. The largest absolute Gasteiger partial charge is 0.318 e. The fraction of sp³-hybridized carbons (Fsp3) is 0.154. The zero-order chi connectivity index (χ0) is 13.2. The molecule has 3 rings (SSSR count). The van der Waals surface area contributed by atoms with Gasteiger partial charge in [-0.3, -0.25) is 4.68 Å². The van der Waals surface area contributed by atoms with Gasteiger partial charge in [-0.1, -0.05) is 23.4 Å². The van der Waals surface area contributed by atoms with E-state index in [1.807, 2.05) is 49.6 Å². The van der Waals surface area contributed by atoms with Gasteiger partial charge in [0.1, 0.15) is 0 Å². The van der Waals surface area contributed by atoms with Crippen molar-refractivity contribution in [2.75, 3.05) is 0 Å². The molecule has 1 aromatic carbocycles. The second kappa shape index (κ2) is 4.66. The van der Waals surface area contributed by atoms with Crippen molar-refractivity contribution >= 4 is 0 Å². The zero-order valence-corrected chi connectivity index (χ0v) is 10.5. The van der Waals surface area contributed by atoms with Gasteiger partial charge in [-0.05, 0) is 18.2 Å². The van der Waals surface area contributed by atoms with Gasteiger partial charge in [-0.25, -0.2) is 4.68 Å². The Morgan fingerprint density at radius 1 is 1.16 bits per heavy atom. The van der Waals surface area contributed by atoms with Crippen LogP contribution in [0, 0.1) is 0 Å². The normalized spacial score (nSPS) is 12.5. The van der Waals surface area contributed by atoms with Crippen molar-refractivity contribution < 1.29 is 0 Å². The molecule has 19 heavy (non-hydrogen) atoms. The van der Waals surface area contributed by atoms with Gasteiger partial charge in [-0.2, -0.15) is 5.10 Å². The number of benzene rings is 1. The van der Waals surface area contributed by atoms with Crippen LogP contribution in [0.5, 0.6) is 0 Å². The summed E-state index contributed by atoms with van der Waals surface area (Å²) < 4.78 is 3.46. The lowest BCUT2D eigenvalue weighted by Gasteiger charge is -2.08. The van der Waals surface area contributed by atoms with Crippen LogP contribution in [0.25, 0.3) is 5.69 Å². The fourth-order valence-electron chi connectivity index (χ4n) is 1.96. The number of nitrogens with two attached hydrogens (primary N) is 1. The lowest BCUT2D eigenvalue weighted by atomic mass is 10.2. The Bertz CT molecular complexity index is 669. The molecule has 1 atom stereocenters.